The quantitative estimate of drug-likeness (QED) is 0.286. The third-order valence-corrected chi connectivity index (χ3v) is 6.44. The van der Waals surface area contributed by atoms with Crippen molar-refractivity contribution in [1.82, 2.24) is 14.5 Å². The highest BCUT2D eigenvalue weighted by molar-refractivity contribution is 5.90. The van der Waals surface area contributed by atoms with E-state index in [1.807, 2.05) is 68.4 Å². The first-order valence-corrected chi connectivity index (χ1v) is 12.3. The van der Waals surface area contributed by atoms with Crippen molar-refractivity contribution in [3.63, 3.8) is 0 Å². The maximum Gasteiger partial charge on any atom is 0.322 e. The summed E-state index contributed by atoms with van der Waals surface area (Å²) in [6.45, 7) is 4.25. The van der Waals surface area contributed by atoms with Crippen LogP contribution in [0.4, 0.5) is 14.9 Å². The molecule has 1 heterocycles. The van der Waals surface area contributed by atoms with E-state index < -0.39 is 17.9 Å². The summed E-state index contributed by atoms with van der Waals surface area (Å²) in [4.78, 5) is 33.7. The molecular formula is C30H27FN4O2. The summed E-state index contributed by atoms with van der Waals surface area (Å²) >= 11 is 0. The number of urea groups is 1. The van der Waals surface area contributed by atoms with Gasteiger partial charge in [-0.1, -0.05) is 55.5 Å². The van der Waals surface area contributed by atoms with Crippen LogP contribution in [0, 0.1) is 5.82 Å². The molecule has 0 radical (unpaired) electrons. The summed E-state index contributed by atoms with van der Waals surface area (Å²) in [5.41, 5.74) is 1.39. The van der Waals surface area contributed by atoms with Crippen molar-refractivity contribution in [2.24, 2.45) is 0 Å². The van der Waals surface area contributed by atoms with Gasteiger partial charge in [0.1, 0.15) is 11.6 Å². The molecule has 37 heavy (non-hydrogen) atoms. The largest absolute Gasteiger partial charge is 0.322 e. The number of carbonyl (C=O) groups excluding carboxylic acids is 1. The van der Waals surface area contributed by atoms with Crippen LogP contribution >= 0.6 is 0 Å². The summed E-state index contributed by atoms with van der Waals surface area (Å²) in [6, 6.07) is 25.8. The first-order chi connectivity index (χ1) is 18.0. The first kappa shape index (κ1) is 24.2. The third kappa shape index (κ3) is 4.80. The second-order valence-electron chi connectivity index (χ2n) is 8.97. The molecule has 0 aliphatic rings. The van der Waals surface area contributed by atoms with Crippen LogP contribution in [0.5, 0.6) is 0 Å². The molecule has 5 aromatic rings. The Hall–Kier alpha value is -4.52. The molecule has 1 N–H and O–H groups in total. The Morgan fingerprint density at radius 3 is 2.51 bits per heavy atom. The number of para-hydroxylation sites is 1. The molecule has 0 aliphatic heterocycles. The maximum absolute atomic E-state index is 13.8. The lowest BCUT2D eigenvalue weighted by Crippen LogP contribution is -2.40. The Morgan fingerprint density at radius 1 is 0.973 bits per heavy atom. The molecule has 186 valence electrons. The minimum Gasteiger partial charge on any atom is -0.315 e. The number of hydrogen-bond acceptors (Lipinski definition) is 3. The molecule has 2 amide bonds. The number of halogens is 1. The Labute approximate surface area is 214 Å². The highest BCUT2D eigenvalue weighted by Crippen LogP contribution is 2.26. The topological polar surface area (TPSA) is 67.2 Å². The standard InChI is InChI=1S/C30H27FN4O2/c1-3-17-34(30(37)32-24-12-8-11-23(31)19-24)20(2)28-33-27-14-7-6-13-26(27)29(36)35(28)25-16-15-21-9-4-5-10-22(21)18-25/h4-16,18-20H,3,17H2,1-2H3,(H,32,37). The monoisotopic (exact) mass is 494 g/mol. The summed E-state index contributed by atoms with van der Waals surface area (Å²) in [5.74, 6) is 0.0102. The van der Waals surface area contributed by atoms with Gasteiger partial charge in [-0.25, -0.2) is 14.2 Å². The fraction of sp³-hybridized carbons (Fsp3) is 0.167. The van der Waals surface area contributed by atoms with Gasteiger partial charge >= 0.3 is 6.03 Å². The summed E-state index contributed by atoms with van der Waals surface area (Å²) in [5, 5.41) is 5.34. The Kier molecular flexibility index (Phi) is 6.68. The van der Waals surface area contributed by atoms with Gasteiger partial charge in [0.25, 0.3) is 5.56 Å². The number of nitrogens with one attached hydrogen (secondary N) is 1. The van der Waals surface area contributed by atoms with Crippen LogP contribution in [-0.4, -0.2) is 27.0 Å². The van der Waals surface area contributed by atoms with E-state index in [0.717, 1.165) is 10.8 Å². The highest BCUT2D eigenvalue weighted by atomic mass is 19.1. The van der Waals surface area contributed by atoms with E-state index in [1.165, 1.54) is 12.1 Å². The Morgan fingerprint density at radius 2 is 1.73 bits per heavy atom. The number of aromatic nitrogens is 2. The van der Waals surface area contributed by atoms with E-state index >= 15 is 0 Å². The number of anilines is 1. The lowest BCUT2D eigenvalue weighted by Gasteiger charge is -2.30. The average Bonchev–Trinajstić information content (AvgIpc) is 2.91. The molecular weight excluding hydrogens is 467 g/mol. The summed E-state index contributed by atoms with van der Waals surface area (Å²) in [6.07, 6.45) is 0.689. The van der Waals surface area contributed by atoms with Gasteiger partial charge in [-0.3, -0.25) is 9.36 Å². The molecule has 1 aromatic heterocycles. The van der Waals surface area contributed by atoms with Gasteiger partial charge in [0.15, 0.2) is 0 Å². The van der Waals surface area contributed by atoms with Gasteiger partial charge in [-0.15, -0.1) is 0 Å². The number of fused-ring (bicyclic) bond motifs is 2. The molecule has 1 unspecified atom stereocenters. The second kappa shape index (κ2) is 10.2. The SMILES string of the molecule is CCCN(C(=O)Nc1cccc(F)c1)C(C)c1nc2ccccc2c(=O)n1-c1ccc2ccccc2c1. The minimum atomic E-state index is -0.558. The average molecular weight is 495 g/mol. The van der Waals surface area contributed by atoms with E-state index in [-0.39, 0.29) is 5.56 Å². The Bertz CT molecular complexity index is 1660. The van der Waals surface area contributed by atoms with E-state index in [2.05, 4.69) is 5.32 Å². The van der Waals surface area contributed by atoms with Crippen LogP contribution in [0.3, 0.4) is 0 Å². The molecule has 6 nitrogen and oxygen atoms in total. The minimum absolute atomic E-state index is 0.204. The smallest absolute Gasteiger partial charge is 0.315 e. The van der Waals surface area contributed by atoms with Crippen LogP contribution in [0.15, 0.2) is 95.8 Å². The molecule has 0 fully saturated rings. The van der Waals surface area contributed by atoms with Crippen molar-refractivity contribution in [1.29, 1.82) is 0 Å². The number of benzene rings is 4. The molecule has 5 rings (SSSR count). The van der Waals surface area contributed by atoms with Crippen molar-refractivity contribution >= 4 is 33.4 Å². The number of hydrogen-bond donors (Lipinski definition) is 1. The van der Waals surface area contributed by atoms with E-state index in [9.17, 15) is 14.0 Å². The van der Waals surface area contributed by atoms with Crippen LogP contribution in [0.1, 0.15) is 32.1 Å². The van der Waals surface area contributed by atoms with Crippen molar-refractivity contribution in [3.8, 4) is 5.69 Å². The zero-order valence-electron chi connectivity index (χ0n) is 20.7. The molecule has 4 aromatic carbocycles. The van der Waals surface area contributed by atoms with Crippen molar-refractivity contribution in [3.05, 3.63) is 113 Å². The molecule has 7 heteroatoms. The number of amides is 2. The number of rotatable bonds is 6. The molecule has 0 saturated heterocycles. The number of carbonyl (C=O) groups is 1. The predicted molar refractivity (Wildman–Crippen MR) is 146 cm³/mol. The van der Waals surface area contributed by atoms with Crippen molar-refractivity contribution in [2.45, 2.75) is 26.3 Å². The zero-order valence-corrected chi connectivity index (χ0v) is 20.7. The lowest BCUT2D eigenvalue weighted by molar-refractivity contribution is 0.189. The van der Waals surface area contributed by atoms with Crippen LogP contribution in [-0.2, 0) is 0 Å². The second-order valence-corrected chi connectivity index (χ2v) is 8.97. The van der Waals surface area contributed by atoms with E-state index in [4.69, 9.17) is 4.98 Å². The predicted octanol–water partition coefficient (Wildman–Crippen LogP) is 6.68. The van der Waals surface area contributed by atoms with Crippen LogP contribution in [0.2, 0.25) is 0 Å². The van der Waals surface area contributed by atoms with Crippen molar-refractivity contribution < 1.29 is 9.18 Å². The van der Waals surface area contributed by atoms with Crippen molar-refractivity contribution in [2.75, 3.05) is 11.9 Å². The third-order valence-electron chi connectivity index (χ3n) is 6.44. The first-order valence-electron chi connectivity index (χ1n) is 12.3. The summed E-state index contributed by atoms with van der Waals surface area (Å²) < 4.78 is 15.3. The lowest BCUT2D eigenvalue weighted by atomic mass is 10.1. The highest BCUT2D eigenvalue weighted by Gasteiger charge is 2.26. The van der Waals surface area contributed by atoms with E-state index in [0.29, 0.717) is 41.1 Å². The van der Waals surface area contributed by atoms with Crippen LogP contribution in [0.25, 0.3) is 27.4 Å². The number of nitrogens with zero attached hydrogens (tertiary/aromatic N) is 3. The van der Waals surface area contributed by atoms with Gasteiger partial charge in [-0.2, -0.15) is 0 Å². The van der Waals surface area contributed by atoms with Gasteiger partial charge in [-0.05, 0) is 66.6 Å². The van der Waals surface area contributed by atoms with Gasteiger partial charge in [0, 0.05) is 12.2 Å². The van der Waals surface area contributed by atoms with Gasteiger partial charge < -0.3 is 10.2 Å². The molecule has 0 saturated carbocycles. The van der Waals surface area contributed by atoms with E-state index in [1.54, 1.807) is 33.7 Å². The molecule has 0 spiro atoms. The zero-order chi connectivity index (χ0) is 25.9. The Balaban J connectivity index is 1.64. The van der Waals surface area contributed by atoms with Gasteiger partial charge in [0.05, 0.1) is 22.6 Å². The normalized spacial score (nSPS) is 12.0. The fourth-order valence-corrected chi connectivity index (χ4v) is 4.61. The molecule has 0 aliphatic carbocycles. The maximum atomic E-state index is 13.8. The fourth-order valence-electron chi connectivity index (χ4n) is 4.61. The summed E-state index contributed by atoms with van der Waals surface area (Å²) in [7, 11) is 0. The molecule has 1 atom stereocenters. The van der Waals surface area contributed by atoms with Crippen LogP contribution < -0.4 is 10.9 Å². The molecule has 0 bridgehead atoms. The van der Waals surface area contributed by atoms with Gasteiger partial charge in [0.2, 0.25) is 0 Å².